The first-order chi connectivity index (χ1) is 13.5. The molecule has 0 unspecified atom stereocenters. The van der Waals surface area contributed by atoms with E-state index in [1.165, 1.54) is 0 Å². The van der Waals surface area contributed by atoms with Crippen LogP contribution in [0.3, 0.4) is 0 Å². The molecule has 0 aliphatic rings. The SMILES string of the molecule is CCOc1cc(CNc2ccc(Br)cc2)cc(I)c1OCc1ccc(Cl)cc1. The Kier molecular flexibility index (Phi) is 7.88. The van der Waals surface area contributed by atoms with E-state index in [0.29, 0.717) is 19.8 Å². The van der Waals surface area contributed by atoms with Gasteiger partial charge in [0, 0.05) is 21.7 Å². The molecule has 0 fully saturated rings. The first-order valence-electron chi connectivity index (χ1n) is 8.87. The zero-order valence-corrected chi connectivity index (χ0v) is 19.8. The van der Waals surface area contributed by atoms with Gasteiger partial charge in [-0.3, -0.25) is 0 Å². The molecule has 0 aromatic heterocycles. The summed E-state index contributed by atoms with van der Waals surface area (Å²) >= 11 is 11.7. The molecule has 1 N–H and O–H groups in total. The lowest BCUT2D eigenvalue weighted by Gasteiger charge is -2.16. The smallest absolute Gasteiger partial charge is 0.174 e. The predicted molar refractivity (Wildman–Crippen MR) is 128 cm³/mol. The van der Waals surface area contributed by atoms with Crippen molar-refractivity contribution in [2.45, 2.75) is 20.1 Å². The maximum Gasteiger partial charge on any atom is 0.174 e. The summed E-state index contributed by atoms with van der Waals surface area (Å²) in [5, 5.41) is 4.15. The molecule has 0 aliphatic heterocycles. The number of nitrogens with one attached hydrogen (secondary N) is 1. The number of hydrogen-bond donors (Lipinski definition) is 1. The molecule has 146 valence electrons. The minimum Gasteiger partial charge on any atom is -0.490 e. The Morgan fingerprint density at radius 3 is 2.36 bits per heavy atom. The van der Waals surface area contributed by atoms with Crippen molar-refractivity contribution in [2.75, 3.05) is 11.9 Å². The van der Waals surface area contributed by atoms with Gasteiger partial charge in [0.05, 0.1) is 10.2 Å². The van der Waals surface area contributed by atoms with Crippen LogP contribution in [0.25, 0.3) is 0 Å². The highest BCUT2D eigenvalue weighted by Gasteiger charge is 2.13. The number of rotatable bonds is 8. The van der Waals surface area contributed by atoms with Gasteiger partial charge in [-0.15, -0.1) is 0 Å². The third-order valence-electron chi connectivity index (χ3n) is 4.01. The maximum atomic E-state index is 6.08. The van der Waals surface area contributed by atoms with Crippen molar-refractivity contribution in [3.8, 4) is 11.5 Å². The Morgan fingerprint density at radius 1 is 0.964 bits per heavy atom. The molecule has 0 bridgehead atoms. The molecule has 0 radical (unpaired) electrons. The zero-order valence-electron chi connectivity index (χ0n) is 15.3. The van der Waals surface area contributed by atoms with E-state index in [4.69, 9.17) is 21.1 Å². The molecule has 0 atom stereocenters. The van der Waals surface area contributed by atoms with Gasteiger partial charge in [0.25, 0.3) is 0 Å². The van der Waals surface area contributed by atoms with Gasteiger partial charge in [-0.2, -0.15) is 0 Å². The number of benzene rings is 3. The Balaban J connectivity index is 1.73. The molecule has 0 saturated carbocycles. The zero-order chi connectivity index (χ0) is 19.9. The van der Waals surface area contributed by atoms with Crippen LogP contribution in [0.5, 0.6) is 11.5 Å². The second-order valence-corrected chi connectivity index (χ2v) is 8.63. The topological polar surface area (TPSA) is 30.5 Å². The quantitative estimate of drug-likeness (QED) is 0.288. The van der Waals surface area contributed by atoms with Crippen LogP contribution in [-0.4, -0.2) is 6.61 Å². The summed E-state index contributed by atoms with van der Waals surface area (Å²) in [7, 11) is 0. The van der Waals surface area contributed by atoms with Gasteiger partial charge in [0.1, 0.15) is 6.61 Å². The van der Waals surface area contributed by atoms with E-state index in [-0.39, 0.29) is 0 Å². The number of hydrogen-bond acceptors (Lipinski definition) is 3. The molecule has 0 spiro atoms. The first-order valence-corrected chi connectivity index (χ1v) is 11.1. The van der Waals surface area contributed by atoms with Crippen molar-refractivity contribution in [3.05, 3.63) is 84.9 Å². The summed E-state index contributed by atoms with van der Waals surface area (Å²) in [5.41, 5.74) is 3.26. The highest BCUT2D eigenvalue weighted by Crippen LogP contribution is 2.35. The van der Waals surface area contributed by atoms with Gasteiger partial charge in [0.15, 0.2) is 11.5 Å². The van der Waals surface area contributed by atoms with Gasteiger partial charge in [-0.05, 0) is 89.2 Å². The van der Waals surface area contributed by atoms with E-state index in [9.17, 15) is 0 Å². The molecule has 3 nitrogen and oxygen atoms in total. The fourth-order valence-electron chi connectivity index (χ4n) is 2.63. The molecule has 3 aromatic carbocycles. The molecule has 6 heteroatoms. The molecule has 0 amide bonds. The molecule has 0 saturated heterocycles. The van der Waals surface area contributed by atoms with Crippen molar-refractivity contribution >= 4 is 55.8 Å². The second kappa shape index (κ2) is 10.4. The van der Waals surface area contributed by atoms with Crippen LogP contribution in [0, 0.1) is 3.57 Å². The van der Waals surface area contributed by atoms with E-state index in [0.717, 1.165) is 41.4 Å². The largest absolute Gasteiger partial charge is 0.490 e. The third-order valence-corrected chi connectivity index (χ3v) is 5.59. The van der Waals surface area contributed by atoms with Crippen molar-refractivity contribution in [3.63, 3.8) is 0 Å². The van der Waals surface area contributed by atoms with E-state index in [2.05, 4.69) is 49.9 Å². The highest BCUT2D eigenvalue weighted by molar-refractivity contribution is 14.1. The van der Waals surface area contributed by atoms with Crippen LogP contribution in [0.1, 0.15) is 18.1 Å². The second-order valence-electron chi connectivity index (χ2n) is 6.11. The van der Waals surface area contributed by atoms with Crippen molar-refractivity contribution < 1.29 is 9.47 Å². The first kappa shape index (κ1) is 21.3. The Bertz CT molecular complexity index is 917. The summed E-state index contributed by atoms with van der Waals surface area (Å²) in [4.78, 5) is 0. The summed E-state index contributed by atoms with van der Waals surface area (Å²) in [5.74, 6) is 1.53. The minimum atomic E-state index is 0.462. The monoisotopic (exact) mass is 571 g/mol. The lowest BCUT2D eigenvalue weighted by atomic mass is 10.2. The lowest BCUT2D eigenvalue weighted by Crippen LogP contribution is -2.05. The predicted octanol–water partition coefficient (Wildman–Crippen LogP) is 7.30. The van der Waals surface area contributed by atoms with Gasteiger partial charge in [0.2, 0.25) is 0 Å². The van der Waals surface area contributed by atoms with E-state index < -0.39 is 0 Å². The Morgan fingerprint density at radius 2 is 1.68 bits per heavy atom. The molecule has 0 heterocycles. The van der Waals surface area contributed by atoms with Crippen LogP contribution in [-0.2, 0) is 13.2 Å². The molecular weight excluding hydrogens is 553 g/mol. The molecule has 28 heavy (non-hydrogen) atoms. The summed E-state index contributed by atoms with van der Waals surface area (Å²) in [6, 6.07) is 19.9. The van der Waals surface area contributed by atoms with Gasteiger partial charge < -0.3 is 14.8 Å². The average molecular weight is 573 g/mol. The van der Waals surface area contributed by atoms with Crippen LogP contribution in [0.2, 0.25) is 5.02 Å². The van der Waals surface area contributed by atoms with Crippen LogP contribution < -0.4 is 14.8 Å². The Labute approximate surface area is 192 Å². The van der Waals surface area contributed by atoms with Crippen LogP contribution in [0.4, 0.5) is 5.69 Å². The average Bonchev–Trinajstić information content (AvgIpc) is 2.68. The van der Waals surface area contributed by atoms with Crippen molar-refractivity contribution in [2.24, 2.45) is 0 Å². The highest BCUT2D eigenvalue weighted by atomic mass is 127. The van der Waals surface area contributed by atoms with E-state index in [1.807, 2.05) is 61.5 Å². The van der Waals surface area contributed by atoms with Crippen LogP contribution in [0.15, 0.2) is 65.1 Å². The molecule has 3 aromatic rings. The third kappa shape index (κ3) is 6.03. The standard InChI is InChI=1S/C22H20BrClINO2/c1-2-27-21-12-16(13-26-19-9-5-17(23)6-10-19)11-20(25)22(21)28-14-15-3-7-18(24)8-4-15/h3-12,26H,2,13-14H2,1H3. The molecular formula is C22H20BrClINO2. The van der Waals surface area contributed by atoms with Gasteiger partial charge in [-0.1, -0.05) is 39.7 Å². The van der Waals surface area contributed by atoms with Crippen LogP contribution >= 0.6 is 50.1 Å². The molecule has 3 rings (SSSR count). The summed E-state index contributed by atoms with van der Waals surface area (Å²) in [6.45, 7) is 3.72. The van der Waals surface area contributed by atoms with Gasteiger partial charge in [-0.25, -0.2) is 0 Å². The van der Waals surface area contributed by atoms with Crippen molar-refractivity contribution in [1.82, 2.24) is 0 Å². The number of halogens is 3. The van der Waals surface area contributed by atoms with E-state index >= 15 is 0 Å². The lowest BCUT2D eigenvalue weighted by molar-refractivity contribution is 0.267. The van der Waals surface area contributed by atoms with Crippen molar-refractivity contribution in [1.29, 1.82) is 0 Å². The van der Waals surface area contributed by atoms with E-state index in [1.54, 1.807) is 0 Å². The summed E-state index contributed by atoms with van der Waals surface area (Å²) < 4.78 is 14.0. The number of anilines is 1. The fraction of sp³-hybridized carbons (Fsp3) is 0.182. The number of ether oxygens (including phenoxy) is 2. The maximum absolute atomic E-state index is 6.08. The fourth-order valence-corrected chi connectivity index (χ4v) is 3.85. The minimum absolute atomic E-state index is 0.462. The Hall–Kier alpha value is -1.44. The summed E-state index contributed by atoms with van der Waals surface area (Å²) in [6.07, 6.45) is 0. The normalized spacial score (nSPS) is 10.6. The van der Waals surface area contributed by atoms with Gasteiger partial charge >= 0.3 is 0 Å². The molecule has 0 aliphatic carbocycles.